The van der Waals surface area contributed by atoms with Crippen molar-refractivity contribution in [2.45, 2.75) is 122 Å². The lowest BCUT2D eigenvalue weighted by Gasteiger charge is -2.31. The Morgan fingerprint density at radius 3 is 1.08 bits per heavy atom. The molecule has 0 radical (unpaired) electrons. The molecule has 4 aromatic carbocycles. The van der Waals surface area contributed by atoms with E-state index in [9.17, 15) is 32.3 Å². The summed E-state index contributed by atoms with van der Waals surface area (Å²) in [5, 5.41) is 25.7. The summed E-state index contributed by atoms with van der Waals surface area (Å²) in [6.45, 7) is 12.0. The van der Waals surface area contributed by atoms with E-state index in [1.165, 1.54) is 107 Å². The van der Waals surface area contributed by atoms with Crippen LogP contribution in [0, 0.1) is 17.5 Å². The molecule has 0 aliphatic heterocycles. The van der Waals surface area contributed by atoms with Crippen LogP contribution in [0.3, 0.4) is 0 Å². The van der Waals surface area contributed by atoms with Gasteiger partial charge in [-0.15, -0.1) is 0 Å². The van der Waals surface area contributed by atoms with Crippen molar-refractivity contribution in [3.05, 3.63) is 142 Å². The third kappa shape index (κ3) is 28.8. The number of benzene rings is 4. The molecule has 2 atom stereocenters. The van der Waals surface area contributed by atoms with Gasteiger partial charge in [0.2, 0.25) is 0 Å². The van der Waals surface area contributed by atoms with Crippen molar-refractivity contribution in [1.82, 2.24) is 101 Å². The Morgan fingerprint density at radius 1 is 0.421 bits per heavy atom. The number of amides is 4. The third-order valence-electron chi connectivity index (χ3n) is 19.0. The molecule has 0 bridgehead atoms. The van der Waals surface area contributed by atoms with Crippen molar-refractivity contribution < 1.29 is 56.0 Å². The lowest BCUT2D eigenvalue weighted by Crippen LogP contribution is -2.36. The number of carbonyl (C=O) groups is 4. The predicted molar refractivity (Wildman–Crippen MR) is 496 cm³/mol. The van der Waals surface area contributed by atoms with Gasteiger partial charge in [-0.3, -0.25) is 19.2 Å². The Labute approximate surface area is 752 Å². The van der Waals surface area contributed by atoms with Gasteiger partial charge in [0, 0.05) is 51.5 Å². The number of halogens is 3. The van der Waals surface area contributed by atoms with Crippen LogP contribution in [0.4, 0.5) is 59.2 Å². The molecule has 4 amide bonds. The van der Waals surface area contributed by atoms with Crippen molar-refractivity contribution in [2.24, 2.45) is 0 Å². The van der Waals surface area contributed by atoms with E-state index in [0.29, 0.717) is 152 Å². The first-order valence-corrected chi connectivity index (χ1v) is 44.5. The molecule has 2 saturated carbocycles. The molecule has 8 heterocycles. The fourth-order valence-electron chi connectivity index (χ4n) is 13.0. The zero-order valence-electron chi connectivity index (χ0n) is 72.6. The molecule has 126 heavy (non-hydrogen) atoms. The summed E-state index contributed by atoms with van der Waals surface area (Å²) in [5.41, 5.74) is 4.49. The lowest BCUT2D eigenvalue weighted by atomic mass is 9.94. The number of aromatic nitrogens is 12. The van der Waals surface area contributed by atoms with Crippen LogP contribution >= 0.6 is 58.8 Å². The summed E-state index contributed by atoms with van der Waals surface area (Å²) >= 11 is 4.86. The Morgan fingerprint density at radius 2 is 0.738 bits per heavy atom. The maximum Gasteiger partial charge on any atom is 0.280 e. The highest BCUT2D eigenvalue weighted by molar-refractivity contribution is 7.59. The highest BCUT2D eigenvalue weighted by atomic mass is 32.1. The second-order valence-corrected chi connectivity index (χ2v) is 34.4. The number of methoxy groups -OCH3 is 1. The smallest absolute Gasteiger partial charge is 0.280 e. The van der Waals surface area contributed by atoms with Crippen LogP contribution in [0.15, 0.2) is 104 Å². The van der Waals surface area contributed by atoms with Gasteiger partial charge in [-0.05, 0) is 222 Å². The highest BCUT2D eigenvalue weighted by Gasteiger charge is 2.29. The highest BCUT2D eigenvalue weighted by Crippen LogP contribution is 2.39. The summed E-state index contributed by atoms with van der Waals surface area (Å²) < 4.78 is 70.7. The molecule has 41 heteroatoms. The Bertz CT molecular complexity index is 5550. The van der Waals surface area contributed by atoms with Gasteiger partial charge in [-0.1, -0.05) is 63.9 Å². The number of fused-ring (bicyclic) bond motifs is 4. The van der Waals surface area contributed by atoms with Gasteiger partial charge < -0.3 is 85.8 Å². The molecule has 0 unspecified atom stereocenters. The number of ether oxygens (including phenoxy) is 5. The first-order chi connectivity index (χ1) is 60.3. The summed E-state index contributed by atoms with van der Waals surface area (Å²) in [6.07, 6.45) is 17.1. The van der Waals surface area contributed by atoms with Gasteiger partial charge in [0.15, 0.2) is 43.3 Å². The molecular formula is C85H109F3N24O9S5. The molecule has 674 valence electrons. The summed E-state index contributed by atoms with van der Waals surface area (Å²) in [7, 11) is 17.6. The minimum atomic E-state index is -0.398. The van der Waals surface area contributed by atoms with Crippen molar-refractivity contribution in [1.29, 1.82) is 0 Å². The van der Waals surface area contributed by atoms with Crippen LogP contribution in [0.25, 0.3) is 41.4 Å². The predicted octanol–water partition coefficient (Wildman–Crippen LogP) is 14.4. The van der Waals surface area contributed by atoms with Crippen LogP contribution in [0.5, 0.6) is 23.0 Å². The number of carbonyl (C=O) groups excluding carboxylic acids is 4. The number of nitrogens with zero attached hydrogens (tertiary/aromatic N) is 16. The zero-order valence-corrected chi connectivity index (χ0v) is 76.8. The van der Waals surface area contributed by atoms with E-state index < -0.39 is 11.6 Å². The Kier molecular flexibility index (Phi) is 37.5. The van der Waals surface area contributed by atoms with Crippen LogP contribution < -0.4 is 61.5 Å². The minimum absolute atomic E-state index is 0. The average Bonchev–Trinajstić information content (AvgIpc) is 1.66. The molecular weight excluding hydrogens is 1720 g/mol. The number of nitrogens with one attached hydrogen (secondary N) is 8. The Balaban J connectivity index is 0.000000175. The number of rotatable bonds is 37. The summed E-state index contributed by atoms with van der Waals surface area (Å²) in [4.78, 5) is 113. The van der Waals surface area contributed by atoms with Crippen LogP contribution in [0.1, 0.15) is 137 Å². The van der Waals surface area contributed by atoms with Crippen molar-refractivity contribution >= 4 is 170 Å². The van der Waals surface area contributed by atoms with E-state index in [2.05, 4.69) is 122 Å². The monoisotopic (exact) mass is 1830 g/mol. The van der Waals surface area contributed by atoms with Gasteiger partial charge in [0.05, 0.1) is 47.7 Å². The molecule has 0 spiro atoms. The van der Waals surface area contributed by atoms with Gasteiger partial charge in [0.25, 0.3) is 23.6 Å². The number of anilines is 8. The van der Waals surface area contributed by atoms with Gasteiger partial charge >= 0.3 is 0 Å². The van der Waals surface area contributed by atoms with E-state index in [1.54, 1.807) is 25.3 Å². The minimum Gasteiger partial charge on any atom is -0.492 e. The van der Waals surface area contributed by atoms with Crippen molar-refractivity contribution in [3.8, 4) is 23.0 Å². The van der Waals surface area contributed by atoms with E-state index in [-0.39, 0.29) is 67.4 Å². The van der Waals surface area contributed by atoms with Crippen LogP contribution in [-0.4, -0.2) is 250 Å². The Hall–Kier alpha value is -11.0. The maximum atomic E-state index is 14.1. The number of thiazole rings is 4. The molecule has 0 saturated heterocycles. The molecule has 14 rings (SSSR count). The molecule has 2 aliphatic carbocycles. The summed E-state index contributed by atoms with van der Waals surface area (Å²) in [6, 6.07) is 20.5. The summed E-state index contributed by atoms with van der Waals surface area (Å²) in [5.74, 6) is 1.67. The third-order valence-corrected chi connectivity index (χ3v) is 22.9. The van der Waals surface area contributed by atoms with E-state index in [0.717, 1.165) is 115 Å². The second kappa shape index (κ2) is 48.6. The molecule has 2 fully saturated rings. The van der Waals surface area contributed by atoms with Gasteiger partial charge in [0.1, 0.15) is 113 Å². The largest absolute Gasteiger partial charge is 0.492 e. The van der Waals surface area contributed by atoms with Crippen molar-refractivity contribution in [3.63, 3.8) is 0 Å². The SMILES string of the molecule is CC(C)Oc1ccccc1Nc1ncnc2sc(C(=O)NCCCN(C)C)nc12.CCOc1cc(F)ccc1Nc1ncnc2sc(C(=O)NCCCN(C)C)nc12.CN(C)CCCNC(=O)c1nc2c(Nc3ccc(F)cc3OC3CCCC3)ncnc2s1.CO[C@H]1CCCC[C@@H]1Oc1cc(F)ccc1Nc1ncnc2sc(C(=O)NCCCN(C)C)nc12.S. The first-order valence-electron chi connectivity index (χ1n) is 41.2. The normalized spacial score (nSPS) is 13.8. The van der Waals surface area contributed by atoms with Gasteiger partial charge in [-0.25, -0.2) is 73.0 Å². The average molecular weight is 1830 g/mol. The molecule has 8 N–H and O–H groups in total. The zero-order chi connectivity index (χ0) is 88.9. The number of para-hydroxylation sites is 2. The molecule has 12 aromatic rings. The fraction of sp³-hybridized carbons (Fsp3) is 0.435. The maximum absolute atomic E-state index is 14.1. The van der Waals surface area contributed by atoms with E-state index in [1.807, 2.05) is 101 Å². The van der Waals surface area contributed by atoms with Crippen molar-refractivity contribution in [2.75, 3.05) is 144 Å². The van der Waals surface area contributed by atoms with E-state index >= 15 is 0 Å². The number of hydrogen-bond acceptors (Lipinski definition) is 33. The first kappa shape index (κ1) is 97.2. The van der Waals surface area contributed by atoms with Crippen LogP contribution in [0.2, 0.25) is 0 Å². The molecule has 2 aliphatic rings. The second-order valence-electron chi connectivity index (χ2n) is 30.5. The molecule has 8 aromatic heterocycles. The fourth-order valence-corrected chi connectivity index (χ4v) is 16.3. The lowest BCUT2D eigenvalue weighted by molar-refractivity contribution is -0.0227. The van der Waals surface area contributed by atoms with Gasteiger partial charge in [-0.2, -0.15) is 13.5 Å². The standard InChI is InChI=1S/C24H31FN6O3S.C22H27FN6O2S.C20H26N6O2S.C19H23FN6O2S.H2S/c1-31(2)12-6-11-26-22(32)24-30-20-21(27-14-28-23(20)35-24)29-16-10-9-15(25)13-19(16)34-18-8-5-4-7-17(18)33-3;1-29(2)11-5-10-24-20(30)22-28-18-19(25-13-26-21(18)32-22)27-16-9-8-14(23)12-17(16)31-15-6-3-4-7-15;1-13(2)28-15-9-6-5-8-14(15)24-17-16-19(23-12-22-17)29-20(25-16)18(27)21-10-7-11-26(3)4;1-4-28-14-10-12(20)6-7-13(14)24-16-15-18(23-11-22-16)29-19(25-15)17(27)21-8-5-9-26(2)3;/h9-10,13-14,17-18H,4-8,11-12H2,1-3H3,(H,26,32)(H,27,28,29);8-9,12-13,15H,3-7,10-11H2,1-2H3,(H,24,30)(H,25,26,27);5-6,8-9,12-13H,7,10-11H2,1-4H3,(H,21,27)(H,22,23,24);6-7,10-11H,4-5,8-9H2,1-3H3,(H,21,27)(H,22,23,24);1H2/t17-,18-;;;;/m0..../s1. The topological polar surface area (TPSA) is 378 Å². The molecule has 33 nitrogen and oxygen atoms in total. The van der Waals surface area contributed by atoms with E-state index in [4.69, 9.17) is 23.7 Å². The quantitative estimate of drug-likeness (QED) is 0.0168. The number of hydrogen-bond donors (Lipinski definition) is 8. The van der Waals surface area contributed by atoms with Crippen LogP contribution in [-0.2, 0) is 4.74 Å².